The molecule has 0 aliphatic carbocycles. The van der Waals surface area contributed by atoms with Crippen molar-refractivity contribution in [2.24, 2.45) is 0 Å². The highest BCUT2D eigenvalue weighted by Gasteiger charge is 2.35. The van der Waals surface area contributed by atoms with Crippen LogP contribution in [0.5, 0.6) is 5.75 Å². The van der Waals surface area contributed by atoms with Crippen molar-refractivity contribution in [2.45, 2.75) is 23.3 Å². The molecule has 1 aromatic carbocycles. The first kappa shape index (κ1) is 22.6. The van der Waals surface area contributed by atoms with Crippen LogP contribution in [-0.4, -0.2) is 59.8 Å². The molecule has 1 aliphatic heterocycles. The molecule has 0 bridgehead atoms. The van der Waals surface area contributed by atoms with Gasteiger partial charge >= 0.3 is 0 Å². The Balaban J connectivity index is 1.38. The predicted molar refractivity (Wildman–Crippen MR) is 123 cm³/mol. The number of ether oxygens (including phenoxy) is 1. The average Bonchev–Trinajstić information content (AvgIpc) is 3.52. The highest BCUT2D eigenvalue weighted by atomic mass is 32.2. The number of furan rings is 1. The number of sulfone groups is 1. The number of anilines is 2. The van der Waals surface area contributed by atoms with Gasteiger partial charge in [0.15, 0.2) is 14.2 Å². The number of methoxy groups -OCH3 is 1. The second-order valence-electron chi connectivity index (χ2n) is 7.18. The molecule has 1 atom stereocenters. The molecular formula is C20H22N4O5S3. The Morgan fingerprint density at radius 3 is 2.94 bits per heavy atom. The maximum atomic E-state index is 13.0. The molecule has 1 fully saturated rings. The molecule has 2 aromatic heterocycles. The third-order valence-corrected chi connectivity index (χ3v) is 8.63. The third-order valence-electron chi connectivity index (χ3n) is 4.92. The van der Waals surface area contributed by atoms with Gasteiger partial charge in [-0.05, 0) is 30.7 Å². The van der Waals surface area contributed by atoms with E-state index < -0.39 is 9.84 Å². The first-order valence-electron chi connectivity index (χ1n) is 9.81. The lowest BCUT2D eigenvalue weighted by Crippen LogP contribution is -2.41. The number of nitrogens with one attached hydrogen (secondary N) is 1. The van der Waals surface area contributed by atoms with Gasteiger partial charge in [-0.3, -0.25) is 4.79 Å². The zero-order chi connectivity index (χ0) is 22.6. The lowest BCUT2D eigenvalue weighted by molar-refractivity contribution is -0.131. The van der Waals surface area contributed by atoms with E-state index in [9.17, 15) is 13.2 Å². The van der Waals surface area contributed by atoms with E-state index in [2.05, 4.69) is 15.5 Å². The molecule has 170 valence electrons. The van der Waals surface area contributed by atoms with Gasteiger partial charge in [0.25, 0.3) is 0 Å². The maximum Gasteiger partial charge on any atom is 0.233 e. The van der Waals surface area contributed by atoms with Crippen LogP contribution in [0.4, 0.5) is 10.8 Å². The molecule has 0 saturated carbocycles. The second-order valence-corrected chi connectivity index (χ2v) is 11.6. The normalized spacial score (nSPS) is 17.2. The summed E-state index contributed by atoms with van der Waals surface area (Å²) >= 11 is 2.61. The standard InChI is InChI=1S/C20H22N4O5S3/c1-28-16-5-2-4-14(10-16)21-19-22-23-20(31-19)30-12-18(25)24(11-17-6-3-8-29-17)15-7-9-32(26,27)13-15/h2-6,8,10,15H,7,9,11-13H2,1H3,(H,21,22)/t15-/m0/s1. The van der Waals surface area contributed by atoms with Crippen molar-refractivity contribution in [3.8, 4) is 5.75 Å². The number of carbonyl (C=O) groups excluding carboxylic acids is 1. The fourth-order valence-corrected chi connectivity index (χ4v) is 6.75. The molecule has 0 radical (unpaired) electrons. The van der Waals surface area contributed by atoms with Crippen molar-refractivity contribution >= 4 is 49.7 Å². The molecule has 9 nitrogen and oxygen atoms in total. The van der Waals surface area contributed by atoms with Gasteiger partial charge in [0, 0.05) is 17.8 Å². The first-order chi connectivity index (χ1) is 15.4. The van der Waals surface area contributed by atoms with Crippen LogP contribution in [-0.2, 0) is 21.2 Å². The minimum Gasteiger partial charge on any atom is -0.497 e. The van der Waals surface area contributed by atoms with Crippen molar-refractivity contribution in [1.82, 2.24) is 15.1 Å². The van der Waals surface area contributed by atoms with Gasteiger partial charge in [0.1, 0.15) is 11.5 Å². The molecule has 3 aromatic rings. The summed E-state index contributed by atoms with van der Waals surface area (Å²) in [6.45, 7) is 0.241. The summed E-state index contributed by atoms with van der Waals surface area (Å²) in [5, 5.41) is 12.0. The number of aromatic nitrogens is 2. The van der Waals surface area contributed by atoms with E-state index in [4.69, 9.17) is 9.15 Å². The van der Waals surface area contributed by atoms with E-state index in [-0.39, 0.29) is 35.8 Å². The number of hydrogen-bond acceptors (Lipinski definition) is 10. The van der Waals surface area contributed by atoms with Crippen molar-refractivity contribution in [3.05, 3.63) is 48.4 Å². The van der Waals surface area contributed by atoms with E-state index >= 15 is 0 Å². The molecule has 32 heavy (non-hydrogen) atoms. The van der Waals surface area contributed by atoms with Crippen LogP contribution in [0.2, 0.25) is 0 Å². The molecule has 0 unspecified atom stereocenters. The van der Waals surface area contributed by atoms with Crippen molar-refractivity contribution in [3.63, 3.8) is 0 Å². The number of carbonyl (C=O) groups is 1. The highest BCUT2D eigenvalue weighted by Crippen LogP contribution is 2.30. The van der Waals surface area contributed by atoms with Gasteiger partial charge in [-0.2, -0.15) is 0 Å². The number of hydrogen-bond donors (Lipinski definition) is 1. The summed E-state index contributed by atoms with van der Waals surface area (Å²) in [6, 6.07) is 10.6. The fraction of sp³-hybridized carbons (Fsp3) is 0.350. The van der Waals surface area contributed by atoms with Gasteiger partial charge in [0.2, 0.25) is 11.0 Å². The van der Waals surface area contributed by atoms with Crippen molar-refractivity contribution in [1.29, 1.82) is 0 Å². The topological polar surface area (TPSA) is 115 Å². The van der Waals surface area contributed by atoms with Crippen LogP contribution in [0.3, 0.4) is 0 Å². The Labute approximate surface area is 194 Å². The largest absolute Gasteiger partial charge is 0.497 e. The predicted octanol–water partition coefficient (Wildman–Crippen LogP) is 3.19. The summed E-state index contributed by atoms with van der Waals surface area (Å²) in [5.74, 6) is 1.40. The second kappa shape index (κ2) is 9.92. The van der Waals surface area contributed by atoms with Crippen molar-refractivity contribution in [2.75, 3.05) is 29.7 Å². The third kappa shape index (κ3) is 5.81. The zero-order valence-corrected chi connectivity index (χ0v) is 19.7. The highest BCUT2D eigenvalue weighted by molar-refractivity contribution is 8.01. The van der Waals surface area contributed by atoms with Crippen LogP contribution in [0.25, 0.3) is 0 Å². The number of thioether (sulfide) groups is 1. The number of rotatable bonds is 9. The fourth-order valence-electron chi connectivity index (χ4n) is 3.36. The van der Waals surface area contributed by atoms with Gasteiger partial charge in [-0.1, -0.05) is 29.2 Å². The molecule has 12 heteroatoms. The number of benzene rings is 1. The first-order valence-corrected chi connectivity index (χ1v) is 13.4. The number of amides is 1. The van der Waals surface area contributed by atoms with E-state index in [0.29, 0.717) is 21.7 Å². The molecule has 1 amide bonds. The minimum absolute atomic E-state index is 0.0163. The summed E-state index contributed by atoms with van der Waals surface area (Å²) < 4.78 is 35.1. The van der Waals surface area contributed by atoms with Crippen molar-refractivity contribution < 1.29 is 22.4 Å². The van der Waals surface area contributed by atoms with Crippen LogP contribution in [0.15, 0.2) is 51.4 Å². The minimum atomic E-state index is -3.12. The van der Waals surface area contributed by atoms with Crippen LogP contribution >= 0.6 is 23.1 Å². The van der Waals surface area contributed by atoms with E-state index in [0.717, 1.165) is 11.4 Å². The Hall–Kier alpha value is -2.57. The molecule has 1 N–H and O–H groups in total. The van der Waals surface area contributed by atoms with E-state index in [1.165, 1.54) is 29.4 Å². The molecule has 0 spiro atoms. The Bertz CT molecular complexity index is 1160. The molecule has 1 aliphatic rings. The Kier molecular flexibility index (Phi) is 7.01. The summed E-state index contributed by atoms with van der Waals surface area (Å²) in [5.41, 5.74) is 0.820. The van der Waals surface area contributed by atoms with Gasteiger partial charge < -0.3 is 19.4 Å². The monoisotopic (exact) mass is 494 g/mol. The van der Waals surface area contributed by atoms with E-state index in [1.54, 1.807) is 24.1 Å². The molecule has 3 heterocycles. The average molecular weight is 495 g/mol. The quantitative estimate of drug-likeness (QED) is 0.448. The van der Waals surface area contributed by atoms with Crippen LogP contribution in [0.1, 0.15) is 12.2 Å². The van der Waals surface area contributed by atoms with Gasteiger partial charge in [-0.15, -0.1) is 10.2 Å². The Morgan fingerprint density at radius 1 is 1.34 bits per heavy atom. The van der Waals surface area contributed by atoms with Gasteiger partial charge in [0.05, 0.1) is 37.2 Å². The molecule has 4 rings (SSSR count). The van der Waals surface area contributed by atoms with Crippen LogP contribution in [0, 0.1) is 0 Å². The summed E-state index contributed by atoms with van der Waals surface area (Å²) in [6.07, 6.45) is 1.98. The van der Waals surface area contributed by atoms with Crippen LogP contribution < -0.4 is 10.1 Å². The summed E-state index contributed by atoms with van der Waals surface area (Å²) in [7, 11) is -1.52. The molecular weight excluding hydrogens is 472 g/mol. The zero-order valence-electron chi connectivity index (χ0n) is 17.3. The molecule has 1 saturated heterocycles. The lowest BCUT2D eigenvalue weighted by atomic mass is 10.2. The lowest BCUT2D eigenvalue weighted by Gasteiger charge is -2.27. The van der Waals surface area contributed by atoms with Gasteiger partial charge in [-0.25, -0.2) is 8.42 Å². The maximum absolute atomic E-state index is 13.0. The SMILES string of the molecule is COc1cccc(Nc2nnc(SCC(=O)N(Cc3ccco3)[C@H]3CCS(=O)(=O)C3)s2)c1. The van der Waals surface area contributed by atoms with E-state index in [1.807, 2.05) is 24.3 Å². The summed E-state index contributed by atoms with van der Waals surface area (Å²) in [4.78, 5) is 14.6. The number of nitrogens with zero attached hydrogens (tertiary/aromatic N) is 3. The smallest absolute Gasteiger partial charge is 0.233 e. The Morgan fingerprint density at radius 2 is 2.22 bits per heavy atom.